The van der Waals surface area contributed by atoms with E-state index in [4.69, 9.17) is 14.6 Å². The highest BCUT2D eigenvalue weighted by molar-refractivity contribution is 5.45. The highest BCUT2D eigenvalue weighted by atomic mass is 16.5. The minimum Gasteiger partial charge on any atom is -0.491 e. The van der Waals surface area contributed by atoms with Crippen LogP contribution in [-0.4, -0.2) is 31.5 Å². The molecule has 1 unspecified atom stereocenters. The second kappa shape index (κ2) is 5.89. The van der Waals surface area contributed by atoms with Crippen LogP contribution in [-0.2, 0) is 0 Å². The van der Waals surface area contributed by atoms with Gasteiger partial charge in [-0.15, -0.1) is 0 Å². The zero-order valence-electron chi connectivity index (χ0n) is 10.1. The molecule has 1 aliphatic heterocycles. The second-order valence-corrected chi connectivity index (χ2v) is 4.09. The number of fused-ring (bicyclic) bond motifs is 1. The van der Waals surface area contributed by atoms with Gasteiger partial charge in [0.1, 0.15) is 24.7 Å². The number of aliphatic hydroxyl groups is 1. The summed E-state index contributed by atoms with van der Waals surface area (Å²) in [5.41, 5.74) is 1.19. The number of ether oxygens (including phenoxy) is 2. The molecule has 4 nitrogen and oxygen atoms in total. The molecular weight excluding hydrogens is 218 g/mol. The van der Waals surface area contributed by atoms with E-state index in [2.05, 4.69) is 12.2 Å². The van der Waals surface area contributed by atoms with Gasteiger partial charge >= 0.3 is 0 Å². The Kier molecular flexibility index (Phi) is 4.23. The van der Waals surface area contributed by atoms with Crippen molar-refractivity contribution >= 4 is 0 Å². The molecular formula is C13H19NO3. The van der Waals surface area contributed by atoms with Crippen LogP contribution < -0.4 is 14.8 Å². The van der Waals surface area contributed by atoms with E-state index >= 15 is 0 Å². The molecule has 1 aromatic carbocycles. The smallest absolute Gasteiger partial charge is 0.127 e. The van der Waals surface area contributed by atoms with Crippen LogP contribution in [0.15, 0.2) is 18.2 Å². The number of nitrogens with one attached hydrogen (secondary N) is 1. The average molecular weight is 237 g/mol. The van der Waals surface area contributed by atoms with Gasteiger partial charge in [0.05, 0.1) is 12.6 Å². The van der Waals surface area contributed by atoms with Crippen molar-refractivity contribution in [3.63, 3.8) is 0 Å². The normalized spacial score (nSPS) is 17.6. The Bertz CT molecular complexity index is 368. The SMILES string of the molecule is CCCNC1COc2cc(OCCO)ccc21. The molecule has 0 saturated carbocycles. The van der Waals surface area contributed by atoms with Crippen LogP contribution in [0.2, 0.25) is 0 Å². The molecule has 0 spiro atoms. The molecule has 0 aromatic heterocycles. The summed E-state index contributed by atoms with van der Waals surface area (Å²) in [5.74, 6) is 1.63. The maximum atomic E-state index is 8.69. The summed E-state index contributed by atoms with van der Waals surface area (Å²) in [7, 11) is 0. The predicted molar refractivity (Wildman–Crippen MR) is 65.6 cm³/mol. The first-order chi connectivity index (χ1) is 8.35. The fourth-order valence-corrected chi connectivity index (χ4v) is 1.93. The van der Waals surface area contributed by atoms with Crippen LogP contribution in [0.5, 0.6) is 11.5 Å². The molecule has 4 heteroatoms. The quantitative estimate of drug-likeness (QED) is 0.787. The van der Waals surface area contributed by atoms with Gasteiger partial charge in [0.25, 0.3) is 0 Å². The summed E-state index contributed by atoms with van der Waals surface area (Å²) in [6, 6.07) is 6.13. The third kappa shape index (κ3) is 2.90. The number of rotatable bonds is 6. The van der Waals surface area contributed by atoms with Crippen LogP contribution >= 0.6 is 0 Å². The van der Waals surface area contributed by atoms with Crippen molar-refractivity contribution in [2.75, 3.05) is 26.4 Å². The highest BCUT2D eigenvalue weighted by Crippen LogP contribution is 2.35. The molecule has 2 rings (SSSR count). The van der Waals surface area contributed by atoms with Gasteiger partial charge in [-0.2, -0.15) is 0 Å². The van der Waals surface area contributed by atoms with Crippen molar-refractivity contribution in [1.29, 1.82) is 0 Å². The fourth-order valence-electron chi connectivity index (χ4n) is 1.93. The van der Waals surface area contributed by atoms with E-state index in [9.17, 15) is 0 Å². The molecule has 0 amide bonds. The summed E-state index contributed by atoms with van der Waals surface area (Å²) in [6.07, 6.45) is 1.11. The summed E-state index contributed by atoms with van der Waals surface area (Å²) >= 11 is 0. The van der Waals surface area contributed by atoms with Crippen molar-refractivity contribution in [3.05, 3.63) is 23.8 Å². The van der Waals surface area contributed by atoms with Gasteiger partial charge in [0, 0.05) is 11.6 Å². The lowest BCUT2D eigenvalue weighted by Gasteiger charge is -2.10. The van der Waals surface area contributed by atoms with Crippen LogP contribution in [0.1, 0.15) is 24.9 Å². The standard InChI is InChI=1S/C13H19NO3/c1-2-5-14-12-9-17-13-8-10(16-7-6-15)3-4-11(12)13/h3-4,8,12,14-15H,2,5-7,9H2,1H3. The Morgan fingerprint density at radius 1 is 1.53 bits per heavy atom. The van der Waals surface area contributed by atoms with Gasteiger partial charge in [0.2, 0.25) is 0 Å². The highest BCUT2D eigenvalue weighted by Gasteiger charge is 2.23. The van der Waals surface area contributed by atoms with Crippen LogP contribution in [0.4, 0.5) is 0 Å². The lowest BCUT2D eigenvalue weighted by Crippen LogP contribution is -2.22. The summed E-state index contributed by atoms with van der Waals surface area (Å²) in [6.45, 7) is 4.17. The van der Waals surface area contributed by atoms with Gasteiger partial charge in [-0.1, -0.05) is 6.92 Å². The summed E-state index contributed by atoms with van der Waals surface area (Å²) in [5, 5.41) is 12.1. The Morgan fingerprint density at radius 2 is 2.41 bits per heavy atom. The third-order valence-electron chi connectivity index (χ3n) is 2.77. The van der Waals surface area contributed by atoms with Gasteiger partial charge in [-0.25, -0.2) is 0 Å². The van der Waals surface area contributed by atoms with E-state index in [1.54, 1.807) is 0 Å². The molecule has 0 radical (unpaired) electrons. The Balaban J connectivity index is 2.03. The second-order valence-electron chi connectivity index (χ2n) is 4.09. The van der Waals surface area contributed by atoms with Crippen molar-refractivity contribution < 1.29 is 14.6 Å². The van der Waals surface area contributed by atoms with Gasteiger partial charge in [-0.05, 0) is 25.1 Å². The van der Waals surface area contributed by atoms with E-state index in [-0.39, 0.29) is 12.6 Å². The Morgan fingerprint density at radius 3 is 3.18 bits per heavy atom. The largest absolute Gasteiger partial charge is 0.491 e. The summed E-state index contributed by atoms with van der Waals surface area (Å²) < 4.78 is 11.0. The minimum absolute atomic E-state index is 0.0264. The first-order valence-electron chi connectivity index (χ1n) is 6.09. The van der Waals surface area contributed by atoms with Crippen LogP contribution in [0.3, 0.4) is 0 Å². The molecule has 94 valence electrons. The molecule has 0 fully saturated rings. The molecule has 1 atom stereocenters. The van der Waals surface area contributed by atoms with Crippen molar-refractivity contribution in [2.24, 2.45) is 0 Å². The maximum Gasteiger partial charge on any atom is 0.127 e. The summed E-state index contributed by atoms with van der Waals surface area (Å²) in [4.78, 5) is 0. The first-order valence-corrected chi connectivity index (χ1v) is 6.09. The molecule has 0 aliphatic carbocycles. The maximum absolute atomic E-state index is 8.69. The molecule has 1 heterocycles. The van der Waals surface area contributed by atoms with E-state index in [0.717, 1.165) is 24.5 Å². The number of aliphatic hydroxyl groups excluding tert-OH is 1. The zero-order valence-corrected chi connectivity index (χ0v) is 10.1. The Hall–Kier alpha value is -1.26. The topological polar surface area (TPSA) is 50.7 Å². The average Bonchev–Trinajstić information content (AvgIpc) is 2.76. The van der Waals surface area contributed by atoms with E-state index in [0.29, 0.717) is 13.2 Å². The zero-order chi connectivity index (χ0) is 12.1. The van der Waals surface area contributed by atoms with E-state index < -0.39 is 0 Å². The van der Waals surface area contributed by atoms with Crippen molar-refractivity contribution in [3.8, 4) is 11.5 Å². The van der Waals surface area contributed by atoms with E-state index in [1.165, 1.54) is 5.56 Å². The lowest BCUT2D eigenvalue weighted by molar-refractivity contribution is 0.201. The van der Waals surface area contributed by atoms with Gasteiger partial charge in [0.15, 0.2) is 0 Å². The Labute approximate surface area is 102 Å². The van der Waals surface area contributed by atoms with Crippen LogP contribution in [0.25, 0.3) is 0 Å². The molecule has 1 aliphatic rings. The van der Waals surface area contributed by atoms with Crippen LogP contribution in [0, 0.1) is 0 Å². The molecule has 17 heavy (non-hydrogen) atoms. The molecule has 1 aromatic rings. The van der Waals surface area contributed by atoms with Crippen molar-refractivity contribution in [1.82, 2.24) is 5.32 Å². The molecule has 2 N–H and O–H groups in total. The predicted octanol–water partition coefficient (Wildman–Crippen LogP) is 1.49. The third-order valence-corrected chi connectivity index (χ3v) is 2.77. The minimum atomic E-state index is 0.0264. The van der Waals surface area contributed by atoms with E-state index in [1.807, 2.05) is 18.2 Å². The lowest BCUT2D eigenvalue weighted by atomic mass is 10.1. The molecule has 0 saturated heterocycles. The number of hydrogen-bond acceptors (Lipinski definition) is 4. The fraction of sp³-hybridized carbons (Fsp3) is 0.538. The van der Waals surface area contributed by atoms with Gasteiger partial charge < -0.3 is 19.9 Å². The molecule has 0 bridgehead atoms. The monoisotopic (exact) mass is 237 g/mol. The number of hydrogen-bond donors (Lipinski definition) is 2. The van der Waals surface area contributed by atoms with Gasteiger partial charge in [-0.3, -0.25) is 0 Å². The first kappa shape index (κ1) is 12.2. The van der Waals surface area contributed by atoms with Crippen molar-refractivity contribution in [2.45, 2.75) is 19.4 Å². The number of benzene rings is 1.